The molecule has 0 saturated heterocycles. The van der Waals surface area contributed by atoms with Crippen LogP contribution in [0.3, 0.4) is 0 Å². The maximum atomic E-state index is 12.6. The molecule has 7 heteroatoms. The average Bonchev–Trinajstić information content (AvgIpc) is 3.27. The Hall–Kier alpha value is -2.70. The molecule has 1 atom stereocenters. The molecule has 136 valence electrons. The Balaban J connectivity index is 1.54. The van der Waals surface area contributed by atoms with Gasteiger partial charge >= 0.3 is 0 Å². The fraction of sp³-hybridized carbons (Fsp3) is 0.474. The van der Waals surface area contributed by atoms with Crippen molar-refractivity contribution in [3.05, 3.63) is 41.5 Å². The Morgan fingerprint density at radius 3 is 2.85 bits per heavy atom. The van der Waals surface area contributed by atoms with E-state index >= 15 is 0 Å². The first-order valence-corrected chi connectivity index (χ1v) is 9.21. The molecule has 26 heavy (non-hydrogen) atoms. The highest BCUT2D eigenvalue weighted by Crippen LogP contribution is 2.43. The lowest BCUT2D eigenvalue weighted by atomic mass is 10.1. The zero-order valence-electron chi connectivity index (χ0n) is 15.4. The Morgan fingerprint density at radius 2 is 2.12 bits per heavy atom. The van der Waals surface area contributed by atoms with Crippen molar-refractivity contribution in [2.45, 2.75) is 58.7 Å². The zero-order valence-corrected chi connectivity index (χ0v) is 15.4. The van der Waals surface area contributed by atoms with Gasteiger partial charge in [0.2, 0.25) is 5.91 Å². The molecule has 1 amide bonds. The van der Waals surface area contributed by atoms with Gasteiger partial charge in [0.25, 0.3) is 0 Å². The number of nitrogens with zero attached hydrogens (tertiary/aromatic N) is 5. The maximum absolute atomic E-state index is 12.6. The molecule has 1 saturated carbocycles. The Kier molecular flexibility index (Phi) is 4.22. The van der Waals surface area contributed by atoms with Crippen LogP contribution in [0.2, 0.25) is 0 Å². The van der Waals surface area contributed by atoms with Crippen LogP contribution in [0.15, 0.2) is 24.5 Å². The van der Waals surface area contributed by atoms with E-state index < -0.39 is 0 Å². The van der Waals surface area contributed by atoms with Crippen LogP contribution in [0.5, 0.6) is 0 Å². The molecule has 0 bridgehead atoms. The summed E-state index contributed by atoms with van der Waals surface area (Å²) < 4.78 is 3.61. The highest BCUT2D eigenvalue weighted by molar-refractivity contribution is 5.85. The van der Waals surface area contributed by atoms with E-state index in [1.807, 2.05) is 37.7 Å². The van der Waals surface area contributed by atoms with Gasteiger partial charge in [-0.25, -0.2) is 9.67 Å². The lowest BCUT2D eigenvalue weighted by molar-refractivity contribution is -0.122. The van der Waals surface area contributed by atoms with Crippen molar-refractivity contribution in [1.82, 2.24) is 29.9 Å². The van der Waals surface area contributed by atoms with Gasteiger partial charge < -0.3 is 5.32 Å². The van der Waals surface area contributed by atoms with Gasteiger partial charge in [-0.05, 0) is 57.2 Å². The summed E-state index contributed by atoms with van der Waals surface area (Å²) in [6.07, 6.45) is 6.04. The second-order valence-electron chi connectivity index (χ2n) is 6.98. The Bertz CT molecular complexity index is 952. The van der Waals surface area contributed by atoms with E-state index in [2.05, 4.69) is 26.6 Å². The lowest BCUT2D eigenvalue weighted by Crippen LogP contribution is -2.31. The maximum Gasteiger partial charge on any atom is 0.242 e. The number of rotatable bonds is 6. The van der Waals surface area contributed by atoms with E-state index in [1.54, 1.807) is 10.9 Å². The van der Waals surface area contributed by atoms with Gasteiger partial charge in [-0.2, -0.15) is 10.2 Å². The van der Waals surface area contributed by atoms with E-state index in [1.165, 1.54) is 18.4 Å². The van der Waals surface area contributed by atoms with Crippen LogP contribution >= 0.6 is 0 Å². The summed E-state index contributed by atoms with van der Waals surface area (Å²) in [4.78, 5) is 17.1. The van der Waals surface area contributed by atoms with Crippen LogP contribution in [-0.4, -0.2) is 30.5 Å². The van der Waals surface area contributed by atoms with Crippen molar-refractivity contribution < 1.29 is 4.79 Å². The minimum Gasteiger partial charge on any atom is -0.346 e. The number of aryl methyl sites for hydroxylation is 2. The molecule has 1 N–H and O–H groups in total. The number of hydrogen-bond donors (Lipinski definition) is 1. The number of fused-ring (bicyclic) bond motifs is 1. The van der Waals surface area contributed by atoms with E-state index in [0.717, 1.165) is 29.0 Å². The van der Waals surface area contributed by atoms with Crippen LogP contribution in [0.1, 0.15) is 55.6 Å². The summed E-state index contributed by atoms with van der Waals surface area (Å²) in [5.41, 5.74) is 4.06. The molecule has 0 aliphatic heterocycles. The third-order valence-corrected chi connectivity index (χ3v) is 5.02. The van der Waals surface area contributed by atoms with E-state index in [9.17, 15) is 4.79 Å². The summed E-state index contributed by atoms with van der Waals surface area (Å²) in [6, 6.07) is 3.92. The first kappa shape index (κ1) is 16.8. The minimum absolute atomic E-state index is 0.0793. The highest BCUT2D eigenvalue weighted by atomic mass is 16.2. The molecule has 0 spiro atoms. The van der Waals surface area contributed by atoms with Gasteiger partial charge in [0.05, 0.1) is 17.4 Å². The summed E-state index contributed by atoms with van der Waals surface area (Å²) in [5.74, 6) is 0.546. The number of carbonyl (C=O) groups is 1. The first-order chi connectivity index (χ1) is 12.6. The van der Waals surface area contributed by atoms with Gasteiger partial charge in [0, 0.05) is 24.3 Å². The van der Waals surface area contributed by atoms with Crippen molar-refractivity contribution in [3.8, 4) is 0 Å². The molecule has 0 aromatic carbocycles. The average molecular weight is 352 g/mol. The van der Waals surface area contributed by atoms with Crippen molar-refractivity contribution in [3.63, 3.8) is 0 Å². The van der Waals surface area contributed by atoms with E-state index in [0.29, 0.717) is 5.92 Å². The fourth-order valence-corrected chi connectivity index (χ4v) is 3.63. The summed E-state index contributed by atoms with van der Waals surface area (Å²) >= 11 is 0. The highest BCUT2D eigenvalue weighted by Gasteiger charge is 2.27. The molecule has 1 fully saturated rings. The number of aromatic nitrogens is 5. The third kappa shape index (κ3) is 2.98. The predicted octanol–water partition coefficient (Wildman–Crippen LogP) is 2.71. The molecule has 4 rings (SSSR count). The van der Waals surface area contributed by atoms with E-state index in [4.69, 9.17) is 0 Å². The molecule has 0 radical (unpaired) electrons. The minimum atomic E-state index is -0.108. The second kappa shape index (κ2) is 6.55. The molecular weight excluding hydrogens is 328 g/mol. The summed E-state index contributed by atoms with van der Waals surface area (Å²) in [6.45, 7) is 6.94. The quantitative estimate of drug-likeness (QED) is 0.740. The van der Waals surface area contributed by atoms with Crippen LogP contribution in [0.25, 0.3) is 11.0 Å². The normalized spacial score (nSPS) is 15.3. The molecule has 1 aliphatic carbocycles. The first-order valence-electron chi connectivity index (χ1n) is 9.21. The van der Waals surface area contributed by atoms with Crippen molar-refractivity contribution in [2.75, 3.05) is 0 Å². The number of nitrogens with one attached hydrogen (secondary N) is 1. The van der Waals surface area contributed by atoms with Gasteiger partial charge in [0.15, 0.2) is 5.65 Å². The standard InChI is InChI=1S/C19H24N6O/c1-4-24-16(8-10-21-24)12(2)22-17(26)11-25-19-18(13(3)23-25)15(7-9-20-19)14-5-6-14/h7-10,12,14H,4-6,11H2,1-3H3,(H,22,26). The van der Waals surface area contributed by atoms with Crippen molar-refractivity contribution >= 4 is 16.9 Å². The van der Waals surface area contributed by atoms with Crippen molar-refractivity contribution in [2.24, 2.45) is 0 Å². The van der Waals surface area contributed by atoms with Crippen LogP contribution in [-0.2, 0) is 17.9 Å². The molecule has 3 heterocycles. The zero-order chi connectivity index (χ0) is 18.3. The SMILES string of the molecule is CCn1nccc1C(C)NC(=O)Cn1nc(C)c2c(C3CC3)ccnc21. The number of carbonyl (C=O) groups excluding carboxylic acids is 1. The lowest BCUT2D eigenvalue weighted by Gasteiger charge is -2.15. The monoisotopic (exact) mass is 352 g/mol. The van der Waals surface area contributed by atoms with Crippen LogP contribution in [0, 0.1) is 6.92 Å². The molecule has 3 aromatic rings. The number of pyridine rings is 1. The second-order valence-corrected chi connectivity index (χ2v) is 6.98. The van der Waals surface area contributed by atoms with Crippen LogP contribution < -0.4 is 5.32 Å². The molecule has 7 nitrogen and oxygen atoms in total. The summed E-state index contributed by atoms with van der Waals surface area (Å²) in [5, 5.41) is 13.0. The van der Waals surface area contributed by atoms with Gasteiger partial charge in [-0.15, -0.1) is 0 Å². The number of hydrogen-bond acceptors (Lipinski definition) is 4. The molecule has 1 unspecified atom stereocenters. The summed E-state index contributed by atoms with van der Waals surface area (Å²) in [7, 11) is 0. The van der Waals surface area contributed by atoms with Crippen LogP contribution in [0.4, 0.5) is 0 Å². The molecular formula is C19H24N6O. The molecule has 1 aliphatic rings. The predicted molar refractivity (Wildman–Crippen MR) is 98.7 cm³/mol. The van der Waals surface area contributed by atoms with Gasteiger partial charge in [-0.1, -0.05) is 0 Å². The van der Waals surface area contributed by atoms with Crippen molar-refractivity contribution in [1.29, 1.82) is 0 Å². The molecule has 3 aromatic heterocycles. The number of amides is 1. The third-order valence-electron chi connectivity index (χ3n) is 5.02. The van der Waals surface area contributed by atoms with E-state index in [-0.39, 0.29) is 18.5 Å². The largest absolute Gasteiger partial charge is 0.346 e. The van der Waals surface area contributed by atoms with Gasteiger partial charge in [-0.3, -0.25) is 9.48 Å². The smallest absolute Gasteiger partial charge is 0.242 e. The fourth-order valence-electron chi connectivity index (χ4n) is 3.63. The topological polar surface area (TPSA) is 77.6 Å². The Labute approximate surface area is 152 Å². The van der Waals surface area contributed by atoms with Gasteiger partial charge in [0.1, 0.15) is 6.54 Å². The Morgan fingerprint density at radius 1 is 1.31 bits per heavy atom.